The standard InChI is InChI=1S/C21H25.2ClH.Hf/c1-20(2,3)16-7-9-18-14(12-16)11-15-13-17(21(4,5)6)8-10-19(15)18;;;/h7-10,12H,11H2,1-6H3;2*1H;/q-1;;;. The molecule has 1 aliphatic rings. The first-order valence-electron chi connectivity index (χ1n) is 7.86. The summed E-state index contributed by atoms with van der Waals surface area (Å²) in [7, 11) is 0. The summed E-state index contributed by atoms with van der Waals surface area (Å²) in [5, 5.41) is 0. The van der Waals surface area contributed by atoms with Crippen molar-refractivity contribution < 1.29 is 25.8 Å². The Bertz CT molecular complexity index is 645. The molecule has 0 amide bonds. The van der Waals surface area contributed by atoms with Gasteiger partial charge in [0, 0.05) is 25.8 Å². The van der Waals surface area contributed by atoms with Crippen LogP contribution in [0.2, 0.25) is 0 Å². The minimum atomic E-state index is 0. The second-order valence-electron chi connectivity index (χ2n) is 8.31. The molecule has 1 aliphatic carbocycles. The Morgan fingerprint density at radius 2 is 1.38 bits per heavy atom. The molecular weight excluding hydrogens is 502 g/mol. The third-order valence-corrected chi connectivity index (χ3v) is 4.46. The van der Waals surface area contributed by atoms with Crippen LogP contribution >= 0.6 is 24.8 Å². The first kappa shape index (κ1) is 23.9. The van der Waals surface area contributed by atoms with E-state index in [4.69, 9.17) is 0 Å². The van der Waals surface area contributed by atoms with Crippen molar-refractivity contribution in [2.24, 2.45) is 0 Å². The number of hydrogen-bond donors (Lipinski definition) is 0. The van der Waals surface area contributed by atoms with Gasteiger partial charge in [-0.15, -0.1) is 35.9 Å². The molecule has 0 unspecified atom stereocenters. The van der Waals surface area contributed by atoms with Crippen LogP contribution in [0, 0.1) is 6.07 Å². The largest absolute Gasteiger partial charge is 0.175 e. The van der Waals surface area contributed by atoms with Gasteiger partial charge in [0.1, 0.15) is 0 Å². The zero-order chi connectivity index (χ0) is 15.4. The maximum absolute atomic E-state index is 3.67. The summed E-state index contributed by atoms with van der Waals surface area (Å²) in [6.07, 6.45) is 1.03. The van der Waals surface area contributed by atoms with Crippen molar-refractivity contribution in [1.82, 2.24) is 0 Å². The molecule has 0 aliphatic heterocycles. The molecule has 0 heterocycles. The number of halogens is 2. The molecule has 2 aromatic rings. The molecule has 2 aromatic carbocycles. The zero-order valence-corrected chi connectivity index (χ0v) is 20.6. The minimum absolute atomic E-state index is 0. The maximum atomic E-state index is 3.67. The second kappa shape index (κ2) is 8.06. The molecule has 0 saturated heterocycles. The van der Waals surface area contributed by atoms with Crippen molar-refractivity contribution in [3.05, 3.63) is 58.7 Å². The van der Waals surface area contributed by atoms with E-state index in [1.807, 2.05) is 0 Å². The van der Waals surface area contributed by atoms with Crippen LogP contribution in [-0.2, 0) is 43.1 Å². The Balaban J connectivity index is 0.00000176. The van der Waals surface area contributed by atoms with Crippen LogP contribution in [-0.4, -0.2) is 0 Å². The Hall–Kier alpha value is -0.110. The molecule has 0 nitrogen and oxygen atoms in total. The summed E-state index contributed by atoms with van der Waals surface area (Å²) >= 11 is 0. The van der Waals surface area contributed by atoms with Gasteiger partial charge in [-0.1, -0.05) is 65.3 Å². The SMILES string of the molecule is CC(C)(C)c1[c-]c2c(cc1)-c1ccc(C(C)(C)C)cc1C2.Cl.Cl.[Hf]. The molecular formula is C21H27Cl2Hf-. The van der Waals surface area contributed by atoms with Crippen molar-refractivity contribution in [2.45, 2.75) is 58.8 Å². The third kappa shape index (κ3) is 4.54. The van der Waals surface area contributed by atoms with Crippen LogP contribution in [0.25, 0.3) is 11.1 Å². The van der Waals surface area contributed by atoms with Gasteiger partial charge in [-0.2, -0.15) is 23.8 Å². The van der Waals surface area contributed by atoms with Crippen LogP contribution in [0.15, 0.2) is 30.3 Å². The average Bonchev–Trinajstić information content (AvgIpc) is 2.73. The summed E-state index contributed by atoms with van der Waals surface area (Å²) in [4.78, 5) is 0. The predicted octanol–water partition coefficient (Wildman–Crippen LogP) is 6.49. The fourth-order valence-electron chi connectivity index (χ4n) is 3.03. The second-order valence-corrected chi connectivity index (χ2v) is 8.31. The van der Waals surface area contributed by atoms with E-state index in [-0.39, 0.29) is 61.5 Å². The van der Waals surface area contributed by atoms with Crippen LogP contribution in [0.1, 0.15) is 63.8 Å². The maximum Gasteiger partial charge on any atom is 0 e. The molecule has 0 N–H and O–H groups in total. The van der Waals surface area contributed by atoms with Gasteiger partial charge in [-0.05, 0) is 28.4 Å². The van der Waals surface area contributed by atoms with E-state index in [9.17, 15) is 0 Å². The summed E-state index contributed by atoms with van der Waals surface area (Å²) in [5.41, 5.74) is 8.70. The van der Waals surface area contributed by atoms with Gasteiger partial charge in [-0.25, -0.2) is 0 Å². The third-order valence-electron chi connectivity index (χ3n) is 4.46. The van der Waals surface area contributed by atoms with Gasteiger partial charge in [0.05, 0.1) is 0 Å². The normalized spacial score (nSPS) is 12.2. The summed E-state index contributed by atoms with van der Waals surface area (Å²) < 4.78 is 0. The Morgan fingerprint density at radius 3 is 1.92 bits per heavy atom. The van der Waals surface area contributed by atoms with Crippen molar-refractivity contribution in [1.29, 1.82) is 0 Å². The van der Waals surface area contributed by atoms with Gasteiger partial charge in [0.25, 0.3) is 0 Å². The van der Waals surface area contributed by atoms with Crippen LogP contribution in [0.4, 0.5) is 0 Å². The van der Waals surface area contributed by atoms with E-state index in [1.54, 1.807) is 0 Å². The quantitative estimate of drug-likeness (QED) is 0.231. The summed E-state index contributed by atoms with van der Waals surface area (Å²) in [6, 6.07) is 15.2. The molecule has 0 fully saturated rings. The van der Waals surface area contributed by atoms with Gasteiger partial charge >= 0.3 is 0 Å². The van der Waals surface area contributed by atoms with E-state index >= 15 is 0 Å². The van der Waals surface area contributed by atoms with Crippen LogP contribution < -0.4 is 0 Å². The molecule has 3 rings (SSSR count). The van der Waals surface area contributed by atoms with Gasteiger partial charge in [-0.3, -0.25) is 0 Å². The number of hydrogen-bond acceptors (Lipinski definition) is 0. The molecule has 3 heteroatoms. The minimum Gasteiger partial charge on any atom is -0.175 e. The van der Waals surface area contributed by atoms with E-state index in [1.165, 1.54) is 33.4 Å². The fraction of sp³-hybridized carbons (Fsp3) is 0.429. The Morgan fingerprint density at radius 1 is 0.792 bits per heavy atom. The molecule has 0 radical (unpaired) electrons. The average molecular weight is 529 g/mol. The number of rotatable bonds is 0. The number of benzene rings is 2. The molecule has 130 valence electrons. The van der Waals surface area contributed by atoms with Crippen LogP contribution in [0.3, 0.4) is 0 Å². The van der Waals surface area contributed by atoms with Crippen molar-refractivity contribution in [3.63, 3.8) is 0 Å². The molecule has 0 aromatic heterocycles. The van der Waals surface area contributed by atoms with Gasteiger partial charge < -0.3 is 0 Å². The molecule has 24 heavy (non-hydrogen) atoms. The van der Waals surface area contributed by atoms with E-state index in [2.05, 4.69) is 77.9 Å². The van der Waals surface area contributed by atoms with E-state index in [0.29, 0.717) is 0 Å². The fourth-order valence-corrected chi connectivity index (χ4v) is 3.03. The van der Waals surface area contributed by atoms with Gasteiger partial charge in [0.15, 0.2) is 0 Å². The topological polar surface area (TPSA) is 0 Å². The monoisotopic (exact) mass is 529 g/mol. The van der Waals surface area contributed by atoms with Crippen molar-refractivity contribution >= 4 is 24.8 Å². The molecule has 0 bridgehead atoms. The summed E-state index contributed by atoms with van der Waals surface area (Å²) in [6.45, 7) is 13.6. The van der Waals surface area contributed by atoms with E-state index < -0.39 is 0 Å². The molecule has 0 atom stereocenters. The first-order chi connectivity index (χ1) is 9.66. The van der Waals surface area contributed by atoms with E-state index in [0.717, 1.165) is 6.42 Å². The van der Waals surface area contributed by atoms with Crippen molar-refractivity contribution in [2.75, 3.05) is 0 Å². The zero-order valence-electron chi connectivity index (χ0n) is 15.4. The first-order valence-corrected chi connectivity index (χ1v) is 7.86. The van der Waals surface area contributed by atoms with Crippen LogP contribution in [0.5, 0.6) is 0 Å². The number of fused-ring (bicyclic) bond motifs is 3. The van der Waals surface area contributed by atoms with Gasteiger partial charge in [0.2, 0.25) is 0 Å². The molecule has 0 saturated carbocycles. The van der Waals surface area contributed by atoms with Crippen molar-refractivity contribution in [3.8, 4) is 11.1 Å². The molecule has 0 spiro atoms. The Kier molecular flexibility index (Phi) is 8.02. The Labute approximate surface area is 178 Å². The smallest absolute Gasteiger partial charge is 0 e. The predicted molar refractivity (Wildman–Crippen MR) is 105 cm³/mol. The summed E-state index contributed by atoms with van der Waals surface area (Å²) in [5.74, 6) is 0.